The van der Waals surface area contributed by atoms with Crippen LogP contribution < -0.4 is 5.32 Å². The van der Waals surface area contributed by atoms with Gasteiger partial charge in [0.25, 0.3) is 0 Å². The SMILES string of the molecule is CCNC(=NCc1cccc(COC)c1)N1CCCC(C(=O)OCC)C1. The van der Waals surface area contributed by atoms with Crippen LogP contribution >= 0.6 is 0 Å². The Labute approximate surface area is 156 Å². The fourth-order valence-corrected chi connectivity index (χ4v) is 3.20. The smallest absolute Gasteiger partial charge is 0.310 e. The Bertz CT molecular complexity index is 604. The molecule has 1 atom stereocenters. The highest BCUT2D eigenvalue weighted by Crippen LogP contribution is 2.18. The zero-order chi connectivity index (χ0) is 18.8. The third-order valence-corrected chi connectivity index (χ3v) is 4.39. The van der Waals surface area contributed by atoms with Crippen LogP contribution in [0.1, 0.15) is 37.8 Å². The van der Waals surface area contributed by atoms with E-state index in [1.807, 2.05) is 13.0 Å². The van der Waals surface area contributed by atoms with Gasteiger partial charge in [-0.15, -0.1) is 0 Å². The van der Waals surface area contributed by atoms with Crippen LogP contribution in [-0.2, 0) is 27.4 Å². The van der Waals surface area contributed by atoms with E-state index < -0.39 is 0 Å². The summed E-state index contributed by atoms with van der Waals surface area (Å²) >= 11 is 0. The van der Waals surface area contributed by atoms with Crippen LogP contribution in [0.15, 0.2) is 29.3 Å². The van der Waals surface area contributed by atoms with Gasteiger partial charge < -0.3 is 19.7 Å². The third-order valence-electron chi connectivity index (χ3n) is 4.39. The topological polar surface area (TPSA) is 63.2 Å². The lowest BCUT2D eigenvalue weighted by atomic mass is 9.98. The Morgan fingerprint density at radius 2 is 2.15 bits per heavy atom. The van der Waals surface area contributed by atoms with Crippen LogP contribution in [0.25, 0.3) is 0 Å². The third kappa shape index (κ3) is 6.02. The van der Waals surface area contributed by atoms with Gasteiger partial charge in [-0.2, -0.15) is 0 Å². The fourth-order valence-electron chi connectivity index (χ4n) is 3.20. The second kappa shape index (κ2) is 10.8. The fraction of sp³-hybridized carbons (Fsp3) is 0.600. The number of hydrogen-bond acceptors (Lipinski definition) is 4. The highest BCUT2D eigenvalue weighted by atomic mass is 16.5. The Balaban J connectivity index is 2.05. The molecule has 1 unspecified atom stereocenters. The van der Waals surface area contributed by atoms with Crippen LogP contribution in [-0.4, -0.2) is 50.2 Å². The van der Waals surface area contributed by atoms with E-state index in [2.05, 4.69) is 35.3 Å². The lowest BCUT2D eigenvalue weighted by molar-refractivity contribution is -0.149. The van der Waals surface area contributed by atoms with Gasteiger partial charge in [-0.25, -0.2) is 4.99 Å². The molecule has 1 aliphatic heterocycles. The van der Waals surface area contributed by atoms with Crippen LogP contribution in [0.2, 0.25) is 0 Å². The number of benzene rings is 1. The first-order valence-electron chi connectivity index (χ1n) is 9.44. The number of nitrogens with zero attached hydrogens (tertiary/aromatic N) is 2. The molecule has 144 valence electrons. The molecule has 1 aromatic carbocycles. The molecule has 1 fully saturated rings. The Morgan fingerprint density at radius 3 is 2.88 bits per heavy atom. The molecule has 6 heteroatoms. The molecule has 1 aliphatic rings. The van der Waals surface area contributed by atoms with Crippen molar-refractivity contribution in [2.75, 3.05) is 33.4 Å². The standard InChI is InChI=1S/C20H31N3O3/c1-4-21-20(22-13-16-8-6-9-17(12-16)15-25-3)23-11-7-10-18(14-23)19(24)26-5-2/h6,8-9,12,18H,4-5,7,10-11,13-15H2,1-3H3,(H,21,22). The predicted molar refractivity (Wildman–Crippen MR) is 103 cm³/mol. The molecule has 0 spiro atoms. The van der Waals surface area contributed by atoms with Gasteiger partial charge in [0.15, 0.2) is 5.96 Å². The van der Waals surface area contributed by atoms with Crippen molar-refractivity contribution in [3.63, 3.8) is 0 Å². The van der Waals surface area contributed by atoms with E-state index in [1.165, 1.54) is 0 Å². The molecule has 0 aromatic heterocycles. The average molecular weight is 361 g/mol. The van der Waals surface area contributed by atoms with E-state index in [0.717, 1.165) is 43.0 Å². The number of rotatable bonds is 7. The maximum Gasteiger partial charge on any atom is 0.310 e. The lowest BCUT2D eigenvalue weighted by Gasteiger charge is -2.34. The van der Waals surface area contributed by atoms with Crippen molar-refractivity contribution in [2.24, 2.45) is 10.9 Å². The highest BCUT2D eigenvalue weighted by Gasteiger charge is 2.28. The van der Waals surface area contributed by atoms with Gasteiger partial charge in [-0.1, -0.05) is 24.3 Å². The summed E-state index contributed by atoms with van der Waals surface area (Å²) in [6.45, 7) is 7.90. The summed E-state index contributed by atoms with van der Waals surface area (Å²) in [5, 5.41) is 3.35. The second-order valence-electron chi connectivity index (χ2n) is 6.46. The number of likely N-dealkylation sites (tertiary alicyclic amines) is 1. The van der Waals surface area contributed by atoms with E-state index in [4.69, 9.17) is 14.5 Å². The van der Waals surface area contributed by atoms with Crippen molar-refractivity contribution < 1.29 is 14.3 Å². The molecule has 0 radical (unpaired) electrons. The predicted octanol–water partition coefficient (Wildman–Crippen LogP) is 2.57. The molecule has 1 aromatic rings. The number of guanidine groups is 1. The number of nitrogens with one attached hydrogen (secondary N) is 1. The van der Waals surface area contributed by atoms with Gasteiger partial charge in [-0.05, 0) is 37.8 Å². The molecule has 0 aliphatic carbocycles. The minimum Gasteiger partial charge on any atom is -0.466 e. The monoisotopic (exact) mass is 361 g/mol. The van der Waals surface area contributed by atoms with E-state index in [0.29, 0.717) is 26.3 Å². The first-order valence-corrected chi connectivity index (χ1v) is 9.44. The number of esters is 1. The van der Waals surface area contributed by atoms with Gasteiger partial charge in [0.05, 0.1) is 25.7 Å². The van der Waals surface area contributed by atoms with Gasteiger partial charge in [-0.3, -0.25) is 4.79 Å². The largest absolute Gasteiger partial charge is 0.466 e. The number of carbonyl (C=O) groups excluding carboxylic acids is 1. The van der Waals surface area contributed by atoms with Crippen molar-refractivity contribution in [3.05, 3.63) is 35.4 Å². The summed E-state index contributed by atoms with van der Waals surface area (Å²) in [6, 6.07) is 8.28. The number of carbonyl (C=O) groups is 1. The minimum absolute atomic E-state index is 0.0717. The first kappa shape index (κ1) is 20.2. The van der Waals surface area contributed by atoms with Crippen LogP contribution in [0.5, 0.6) is 0 Å². The maximum atomic E-state index is 12.1. The van der Waals surface area contributed by atoms with Gasteiger partial charge in [0, 0.05) is 26.7 Å². The summed E-state index contributed by atoms with van der Waals surface area (Å²) in [5.74, 6) is 0.691. The molecule has 0 bridgehead atoms. The molecule has 1 heterocycles. The number of hydrogen-bond donors (Lipinski definition) is 1. The lowest BCUT2D eigenvalue weighted by Crippen LogP contribution is -2.48. The summed E-state index contributed by atoms with van der Waals surface area (Å²) in [7, 11) is 1.70. The van der Waals surface area contributed by atoms with E-state index in [-0.39, 0.29) is 11.9 Å². The second-order valence-corrected chi connectivity index (χ2v) is 6.46. The molecule has 0 saturated carbocycles. The molecular formula is C20H31N3O3. The number of methoxy groups -OCH3 is 1. The molecule has 2 rings (SSSR count). The van der Waals surface area contributed by atoms with E-state index >= 15 is 0 Å². The van der Waals surface area contributed by atoms with Gasteiger partial charge in [0.2, 0.25) is 0 Å². The molecule has 26 heavy (non-hydrogen) atoms. The first-order chi connectivity index (χ1) is 12.7. The summed E-state index contributed by atoms with van der Waals surface area (Å²) in [4.78, 5) is 19.0. The van der Waals surface area contributed by atoms with Crippen molar-refractivity contribution in [3.8, 4) is 0 Å². The van der Waals surface area contributed by atoms with Crippen molar-refractivity contribution in [1.82, 2.24) is 10.2 Å². The molecule has 0 amide bonds. The molecule has 1 saturated heterocycles. The Kier molecular flexibility index (Phi) is 8.41. The summed E-state index contributed by atoms with van der Waals surface area (Å²) in [5.41, 5.74) is 2.29. The van der Waals surface area contributed by atoms with Crippen LogP contribution in [0.4, 0.5) is 0 Å². The van der Waals surface area contributed by atoms with E-state index in [1.54, 1.807) is 7.11 Å². The highest BCUT2D eigenvalue weighted by molar-refractivity contribution is 5.81. The molecule has 6 nitrogen and oxygen atoms in total. The molecular weight excluding hydrogens is 330 g/mol. The van der Waals surface area contributed by atoms with Crippen molar-refractivity contribution >= 4 is 11.9 Å². The van der Waals surface area contributed by atoms with E-state index in [9.17, 15) is 4.79 Å². The van der Waals surface area contributed by atoms with Gasteiger partial charge in [0.1, 0.15) is 0 Å². The van der Waals surface area contributed by atoms with Crippen molar-refractivity contribution in [2.45, 2.75) is 39.8 Å². The number of aliphatic imine (C=N–C) groups is 1. The Morgan fingerprint density at radius 1 is 1.35 bits per heavy atom. The maximum absolute atomic E-state index is 12.1. The number of ether oxygens (including phenoxy) is 2. The number of piperidine rings is 1. The van der Waals surface area contributed by atoms with Crippen molar-refractivity contribution in [1.29, 1.82) is 0 Å². The zero-order valence-corrected chi connectivity index (χ0v) is 16.2. The summed E-state index contributed by atoms with van der Waals surface area (Å²) in [6.07, 6.45) is 1.85. The summed E-state index contributed by atoms with van der Waals surface area (Å²) < 4.78 is 10.4. The van der Waals surface area contributed by atoms with Crippen LogP contribution in [0, 0.1) is 5.92 Å². The normalized spacial score (nSPS) is 17.9. The van der Waals surface area contributed by atoms with Crippen LogP contribution in [0.3, 0.4) is 0 Å². The quantitative estimate of drug-likeness (QED) is 0.459. The molecule has 1 N–H and O–H groups in total. The van der Waals surface area contributed by atoms with Gasteiger partial charge >= 0.3 is 5.97 Å². The zero-order valence-electron chi connectivity index (χ0n) is 16.2. The Hall–Kier alpha value is -2.08. The average Bonchev–Trinajstić information content (AvgIpc) is 2.66. The minimum atomic E-state index is -0.0969.